The van der Waals surface area contributed by atoms with Gasteiger partial charge in [0.1, 0.15) is 0 Å². The van der Waals surface area contributed by atoms with Crippen molar-refractivity contribution >= 4 is 0 Å². The normalized spacial score (nSPS) is 11.4. The average Bonchev–Trinajstić information content (AvgIpc) is 2.47. The third-order valence-electron chi connectivity index (χ3n) is 3.87. The van der Waals surface area contributed by atoms with Crippen molar-refractivity contribution in [1.82, 2.24) is 9.97 Å². The van der Waals surface area contributed by atoms with Gasteiger partial charge in [0.15, 0.2) is 0 Å². The molecule has 0 radical (unpaired) electrons. The largest absolute Gasteiger partial charge is 0.261 e. The van der Waals surface area contributed by atoms with Crippen LogP contribution in [0.5, 0.6) is 0 Å². The zero-order valence-corrected chi connectivity index (χ0v) is 13.9. The first-order chi connectivity index (χ1) is 10.1. The van der Waals surface area contributed by atoms with Gasteiger partial charge >= 0.3 is 0 Å². The van der Waals surface area contributed by atoms with E-state index in [9.17, 15) is 0 Å². The molecule has 0 unspecified atom stereocenters. The van der Waals surface area contributed by atoms with Crippen LogP contribution in [0.1, 0.15) is 47.6 Å². The van der Waals surface area contributed by atoms with E-state index < -0.39 is 0 Å². The Morgan fingerprint density at radius 1 is 0.750 bits per heavy atom. The predicted octanol–water partition coefficient (Wildman–Crippen LogP) is 4.63. The molecule has 0 fully saturated rings. The van der Waals surface area contributed by atoms with Crippen molar-refractivity contribution in [3.05, 3.63) is 57.1 Å². The van der Waals surface area contributed by atoms with Crippen LogP contribution in [0, 0.1) is 55.4 Å². The Balaban J connectivity index is 0.000000220. The van der Waals surface area contributed by atoms with Crippen LogP contribution in [-0.2, 0) is 0 Å². The molecule has 0 aromatic carbocycles. The van der Waals surface area contributed by atoms with Gasteiger partial charge in [0.05, 0.1) is 2.74 Å². The third-order valence-corrected chi connectivity index (χ3v) is 3.87. The molecule has 2 aromatic heterocycles. The van der Waals surface area contributed by atoms with Gasteiger partial charge in [0, 0.05) is 23.3 Å². The van der Waals surface area contributed by atoms with Crippen LogP contribution in [0.3, 0.4) is 0 Å². The van der Waals surface area contributed by atoms with Crippen molar-refractivity contribution < 1.29 is 2.74 Å². The quantitative estimate of drug-likeness (QED) is 0.700. The van der Waals surface area contributed by atoms with Crippen LogP contribution < -0.4 is 0 Å². The summed E-state index contributed by atoms with van der Waals surface area (Å²) < 4.78 is 15.1. The number of pyridine rings is 2. The second-order valence-corrected chi connectivity index (χ2v) is 5.34. The van der Waals surface area contributed by atoms with Crippen LogP contribution >= 0.6 is 0 Å². The molecule has 0 N–H and O–H groups in total. The van der Waals surface area contributed by atoms with Crippen LogP contribution in [0.25, 0.3) is 0 Å². The SMILES string of the molecule is [3H]c1c(C)nc(C)c(C)c1C.[3H]c1nc(C)c(C)c(C)c1C. The van der Waals surface area contributed by atoms with E-state index >= 15 is 0 Å². The first-order valence-corrected chi connectivity index (χ1v) is 6.89. The lowest BCUT2D eigenvalue weighted by atomic mass is 10.1. The van der Waals surface area contributed by atoms with E-state index in [-0.39, 0.29) is 0 Å². The van der Waals surface area contributed by atoms with Crippen LogP contribution in [0.2, 0.25) is 0 Å². The summed E-state index contributed by atoms with van der Waals surface area (Å²) >= 11 is 0. The summed E-state index contributed by atoms with van der Waals surface area (Å²) in [5, 5.41) is 0. The Morgan fingerprint density at radius 2 is 1.35 bits per heavy atom. The number of aromatic nitrogens is 2. The number of hydrogen-bond acceptors (Lipinski definition) is 2. The fourth-order valence-electron chi connectivity index (χ4n) is 1.89. The zero-order chi connectivity index (χ0) is 17.2. The molecule has 2 rings (SSSR count). The molecule has 0 bridgehead atoms. The predicted molar refractivity (Wildman–Crippen MR) is 86.4 cm³/mol. The second-order valence-electron chi connectivity index (χ2n) is 5.34. The standard InChI is InChI=1S/2C9H13N/c1-6-5-10-9(4)8(3)7(6)2;1-6-5-7(2)10-9(4)8(6)3/h2*5H,1-4H3/i2*5T. The minimum Gasteiger partial charge on any atom is -0.261 e. The van der Waals surface area contributed by atoms with Crippen molar-refractivity contribution in [2.45, 2.75) is 55.4 Å². The summed E-state index contributed by atoms with van der Waals surface area (Å²) in [4.78, 5) is 8.35. The number of rotatable bonds is 0. The maximum absolute atomic E-state index is 7.62. The fraction of sp³-hybridized carbons (Fsp3) is 0.444. The number of aryl methyl sites for hydroxylation is 3. The molecule has 0 saturated heterocycles. The summed E-state index contributed by atoms with van der Waals surface area (Å²) in [6, 6.07) is 0.577. The first-order valence-electron chi connectivity index (χ1n) is 7.89. The molecule has 0 aliphatic carbocycles. The molecule has 2 aromatic rings. The Labute approximate surface area is 126 Å². The van der Waals surface area contributed by atoms with Gasteiger partial charge in [-0.2, -0.15) is 0 Å². The lowest BCUT2D eigenvalue weighted by molar-refractivity contribution is 1.07. The van der Waals surface area contributed by atoms with Gasteiger partial charge in [-0.15, -0.1) is 0 Å². The smallest absolute Gasteiger partial charge is 0.0843 e. The lowest BCUT2D eigenvalue weighted by Gasteiger charge is -2.05. The van der Waals surface area contributed by atoms with Crippen LogP contribution in [0.15, 0.2) is 12.2 Å². The molecule has 0 spiro atoms. The van der Waals surface area contributed by atoms with Crippen molar-refractivity contribution in [3.8, 4) is 0 Å². The molecular formula is C18H26N2. The molecule has 0 aliphatic heterocycles. The Hall–Kier alpha value is -1.70. The minimum atomic E-state index is 0.408. The summed E-state index contributed by atoms with van der Waals surface area (Å²) in [5.74, 6) is 0. The Morgan fingerprint density at radius 3 is 1.95 bits per heavy atom. The number of hydrogen-bond donors (Lipinski definition) is 0. The highest BCUT2D eigenvalue weighted by Gasteiger charge is 1.99. The van der Waals surface area contributed by atoms with Crippen molar-refractivity contribution in [3.63, 3.8) is 0 Å². The van der Waals surface area contributed by atoms with Gasteiger partial charge in [-0.3, -0.25) is 9.97 Å². The van der Waals surface area contributed by atoms with Crippen LogP contribution in [0.4, 0.5) is 0 Å². The maximum atomic E-state index is 7.62. The molecule has 0 amide bonds. The van der Waals surface area contributed by atoms with Gasteiger partial charge in [0.2, 0.25) is 0 Å². The highest BCUT2D eigenvalue weighted by atomic mass is 14.7. The Kier molecular flexibility index (Phi) is 4.42. The molecular weight excluding hydrogens is 244 g/mol. The molecule has 20 heavy (non-hydrogen) atoms. The van der Waals surface area contributed by atoms with Gasteiger partial charge in [-0.1, -0.05) is 0 Å². The van der Waals surface area contributed by atoms with Gasteiger partial charge < -0.3 is 0 Å². The van der Waals surface area contributed by atoms with Gasteiger partial charge in [-0.25, -0.2) is 0 Å². The fourth-order valence-corrected chi connectivity index (χ4v) is 1.89. The first kappa shape index (κ1) is 13.3. The third kappa shape index (κ3) is 3.89. The molecule has 2 nitrogen and oxygen atoms in total. The molecule has 0 atom stereocenters. The summed E-state index contributed by atoms with van der Waals surface area (Å²) in [6.07, 6.45) is 0.408. The second kappa shape index (κ2) is 6.65. The van der Waals surface area contributed by atoms with E-state index in [4.69, 9.17) is 2.74 Å². The van der Waals surface area contributed by atoms with Gasteiger partial charge in [0.25, 0.3) is 0 Å². The minimum absolute atomic E-state index is 0.408. The summed E-state index contributed by atoms with van der Waals surface area (Å²) in [5.41, 5.74) is 8.42. The van der Waals surface area contributed by atoms with Crippen LogP contribution in [-0.4, -0.2) is 9.97 Å². The molecule has 2 heteroatoms. The summed E-state index contributed by atoms with van der Waals surface area (Å²) in [6.45, 7) is 15.8. The van der Waals surface area contributed by atoms with E-state index in [0.717, 1.165) is 33.8 Å². The van der Waals surface area contributed by atoms with Crippen molar-refractivity contribution in [2.75, 3.05) is 0 Å². The maximum Gasteiger partial charge on any atom is 0.0843 e. The summed E-state index contributed by atoms with van der Waals surface area (Å²) in [7, 11) is 0. The lowest BCUT2D eigenvalue weighted by Crippen LogP contribution is -1.92. The average molecular weight is 274 g/mol. The Bertz CT molecular complexity index is 593. The van der Waals surface area contributed by atoms with E-state index in [1.165, 1.54) is 11.1 Å². The molecule has 0 aliphatic rings. The monoisotopic (exact) mass is 274 g/mol. The van der Waals surface area contributed by atoms with E-state index in [2.05, 4.69) is 9.97 Å². The highest BCUT2D eigenvalue weighted by molar-refractivity contribution is 5.32. The molecule has 0 saturated carbocycles. The highest BCUT2D eigenvalue weighted by Crippen LogP contribution is 2.12. The van der Waals surface area contributed by atoms with Gasteiger partial charge in [-0.05, 0) is 89.2 Å². The molecule has 108 valence electrons. The van der Waals surface area contributed by atoms with Crippen molar-refractivity contribution in [1.29, 1.82) is 0 Å². The number of nitrogens with zero attached hydrogens (tertiary/aromatic N) is 2. The van der Waals surface area contributed by atoms with E-state index in [0.29, 0.717) is 12.2 Å². The van der Waals surface area contributed by atoms with Crippen molar-refractivity contribution in [2.24, 2.45) is 0 Å². The molecule has 2 heterocycles. The van der Waals surface area contributed by atoms with E-state index in [1.807, 2.05) is 55.4 Å². The zero-order valence-electron chi connectivity index (χ0n) is 15.9. The van der Waals surface area contributed by atoms with E-state index in [1.54, 1.807) is 0 Å². The topological polar surface area (TPSA) is 25.8 Å².